The molecule has 0 saturated carbocycles. The molecule has 158 valence electrons. The topological polar surface area (TPSA) is 96.0 Å². The van der Waals surface area contributed by atoms with E-state index in [1.54, 1.807) is 29.2 Å². The summed E-state index contributed by atoms with van der Waals surface area (Å²) in [6, 6.07) is 11.6. The summed E-state index contributed by atoms with van der Waals surface area (Å²) < 4.78 is 32.7. The van der Waals surface area contributed by atoms with E-state index in [2.05, 4.69) is 5.32 Å². The number of carbonyl (C=O) groups excluding carboxylic acids is 2. The van der Waals surface area contributed by atoms with Gasteiger partial charge in [0.2, 0.25) is 15.9 Å². The normalized spacial score (nSPS) is 16.9. The van der Waals surface area contributed by atoms with Crippen LogP contribution in [0.5, 0.6) is 0 Å². The molecule has 4 rings (SSSR count). The molecule has 2 aromatic carbocycles. The van der Waals surface area contributed by atoms with Crippen LogP contribution in [0.15, 0.2) is 47.4 Å². The van der Waals surface area contributed by atoms with Gasteiger partial charge < -0.3 is 15.0 Å². The predicted octanol–water partition coefficient (Wildman–Crippen LogP) is 1.87. The van der Waals surface area contributed by atoms with Crippen LogP contribution in [0.3, 0.4) is 0 Å². The van der Waals surface area contributed by atoms with Crippen LogP contribution >= 0.6 is 0 Å². The molecule has 2 heterocycles. The Morgan fingerprint density at radius 3 is 2.50 bits per heavy atom. The lowest BCUT2D eigenvalue weighted by Crippen LogP contribution is -2.41. The minimum Gasteiger partial charge on any atom is -0.379 e. The second kappa shape index (κ2) is 8.17. The van der Waals surface area contributed by atoms with E-state index in [0.29, 0.717) is 31.9 Å². The van der Waals surface area contributed by atoms with Crippen molar-refractivity contribution in [1.29, 1.82) is 0 Å². The molecule has 2 aliphatic heterocycles. The smallest absolute Gasteiger partial charge is 0.257 e. The fourth-order valence-electron chi connectivity index (χ4n) is 3.81. The zero-order valence-corrected chi connectivity index (χ0v) is 17.4. The van der Waals surface area contributed by atoms with E-state index in [0.717, 1.165) is 11.3 Å². The van der Waals surface area contributed by atoms with Gasteiger partial charge in [0.15, 0.2) is 0 Å². The number of fused-ring (bicyclic) bond motifs is 1. The molecule has 9 heteroatoms. The van der Waals surface area contributed by atoms with E-state index < -0.39 is 15.9 Å². The van der Waals surface area contributed by atoms with E-state index in [1.807, 2.05) is 6.07 Å². The Kier molecular flexibility index (Phi) is 5.59. The predicted molar refractivity (Wildman–Crippen MR) is 112 cm³/mol. The molecule has 0 spiro atoms. The third-order valence-electron chi connectivity index (χ3n) is 5.33. The van der Waals surface area contributed by atoms with Gasteiger partial charge in [-0.3, -0.25) is 9.59 Å². The second-order valence-electron chi connectivity index (χ2n) is 7.23. The molecule has 30 heavy (non-hydrogen) atoms. The Morgan fingerprint density at radius 1 is 1.03 bits per heavy atom. The van der Waals surface area contributed by atoms with Crippen LogP contribution in [0.1, 0.15) is 22.8 Å². The van der Waals surface area contributed by atoms with Gasteiger partial charge >= 0.3 is 0 Å². The van der Waals surface area contributed by atoms with Crippen LogP contribution in [0.2, 0.25) is 0 Å². The van der Waals surface area contributed by atoms with Crippen molar-refractivity contribution in [3.63, 3.8) is 0 Å². The second-order valence-corrected chi connectivity index (χ2v) is 9.14. The molecule has 0 aliphatic carbocycles. The van der Waals surface area contributed by atoms with Crippen molar-refractivity contribution in [2.24, 2.45) is 0 Å². The highest BCUT2D eigenvalue weighted by molar-refractivity contribution is 7.89. The lowest BCUT2D eigenvalue weighted by molar-refractivity contribution is -0.116. The van der Waals surface area contributed by atoms with Crippen LogP contribution in [0.25, 0.3) is 0 Å². The first-order valence-electron chi connectivity index (χ1n) is 9.77. The number of benzene rings is 2. The summed E-state index contributed by atoms with van der Waals surface area (Å²) in [7, 11) is -3.81. The molecular formula is C21H23N3O5S. The third kappa shape index (κ3) is 3.83. The van der Waals surface area contributed by atoms with E-state index in [4.69, 9.17) is 4.74 Å². The first-order chi connectivity index (χ1) is 14.4. The van der Waals surface area contributed by atoms with Gasteiger partial charge in [0, 0.05) is 37.9 Å². The number of amides is 2. The number of nitrogens with zero attached hydrogens (tertiary/aromatic N) is 2. The van der Waals surface area contributed by atoms with E-state index >= 15 is 0 Å². The summed E-state index contributed by atoms with van der Waals surface area (Å²) >= 11 is 0. The fraction of sp³-hybridized carbons (Fsp3) is 0.333. The summed E-state index contributed by atoms with van der Waals surface area (Å²) in [5.74, 6) is -0.517. The van der Waals surface area contributed by atoms with E-state index in [-0.39, 0.29) is 29.5 Å². The maximum atomic E-state index is 13.1. The summed E-state index contributed by atoms with van der Waals surface area (Å²) in [6.07, 6.45) is 0.709. The van der Waals surface area contributed by atoms with E-state index in [9.17, 15) is 18.0 Å². The highest BCUT2D eigenvalue weighted by Crippen LogP contribution is 2.31. The average molecular weight is 429 g/mol. The van der Waals surface area contributed by atoms with E-state index in [1.165, 1.54) is 23.4 Å². The summed E-state index contributed by atoms with van der Waals surface area (Å²) in [5, 5.41) is 2.80. The summed E-state index contributed by atoms with van der Waals surface area (Å²) in [4.78, 5) is 26.3. The van der Waals surface area contributed by atoms with Gasteiger partial charge in [-0.25, -0.2) is 8.42 Å². The molecule has 0 unspecified atom stereocenters. The number of anilines is 2. The number of hydrogen-bond donors (Lipinski definition) is 1. The van der Waals surface area contributed by atoms with Crippen molar-refractivity contribution in [3.8, 4) is 0 Å². The fourth-order valence-corrected chi connectivity index (χ4v) is 5.41. The lowest BCUT2D eigenvalue weighted by atomic mass is 10.1. The third-order valence-corrected chi connectivity index (χ3v) is 7.29. The van der Waals surface area contributed by atoms with Crippen molar-refractivity contribution in [2.45, 2.75) is 18.2 Å². The molecule has 2 aliphatic rings. The summed E-state index contributed by atoms with van der Waals surface area (Å²) in [5.41, 5.74) is 2.46. The molecule has 0 atom stereocenters. The maximum Gasteiger partial charge on any atom is 0.257 e. The first-order valence-corrected chi connectivity index (χ1v) is 11.2. The Hall–Kier alpha value is -2.75. The van der Waals surface area contributed by atoms with Gasteiger partial charge in [-0.1, -0.05) is 12.1 Å². The monoisotopic (exact) mass is 429 g/mol. The Labute approximate surface area is 175 Å². The van der Waals surface area contributed by atoms with Crippen LogP contribution < -0.4 is 10.2 Å². The van der Waals surface area contributed by atoms with Gasteiger partial charge in [0.1, 0.15) is 0 Å². The van der Waals surface area contributed by atoms with Crippen molar-refractivity contribution >= 4 is 33.2 Å². The minimum absolute atomic E-state index is 0.0201. The number of rotatable bonds is 4. The van der Waals surface area contributed by atoms with Crippen LogP contribution in [-0.4, -0.2) is 57.4 Å². The molecule has 1 N–H and O–H groups in total. The Bertz CT molecular complexity index is 1090. The minimum atomic E-state index is -3.81. The van der Waals surface area contributed by atoms with Crippen LogP contribution in [-0.2, 0) is 26.0 Å². The molecule has 0 aromatic heterocycles. The number of morpholine rings is 1. The van der Waals surface area contributed by atoms with Crippen molar-refractivity contribution in [2.75, 3.05) is 43.1 Å². The number of carbonyl (C=O) groups is 2. The van der Waals surface area contributed by atoms with Crippen molar-refractivity contribution < 1.29 is 22.7 Å². The quantitative estimate of drug-likeness (QED) is 0.801. The molecule has 0 radical (unpaired) electrons. The highest BCUT2D eigenvalue weighted by Gasteiger charge is 2.30. The highest BCUT2D eigenvalue weighted by atomic mass is 32.2. The van der Waals surface area contributed by atoms with Crippen LogP contribution in [0.4, 0.5) is 11.4 Å². The van der Waals surface area contributed by atoms with Gasteiger partial charge in [-0.05, 0) is 42.3 Å². The number of nitrogens with one attached hydrogen (secondary N) is 1. The Balaban J connectivity index is 1.59. The van der Waals surface area contributed by atoms with Crippen molar-refractivity contribution in [3.05, 3.63) is 53.6 Å². The van der Waals surface area contributed by atoms with Gasteiger partial charge in [-0.2, -0.15) is 4.31 Å². The maximum absolute atomic E-state index is 13.1. The van der Waals surface area contributed by atoms with Gasteiger partial charge in [-0.15, -0.1) is 0 Å². The zero-order valence-electron chi connectivity index (χ0n) is 16.6. The largest absolute Gasteiger partial charge is 0.379 e. The number of hydrogen-bond acceptors (Lipinski definition) is 5. The molecule has 2 aromatic rings. The SMILES string of the molecule is CC(=O)N1CCc2cc(NC(=O)c3ccccc3S(=O)(=O)N3CCOCC3)ccc21. The van der Waals surface area contributed by atoms with Crippen LogP contribution in [0, 0.1) is 0 Å². The molecule has 1 saturated heterocycles. The molecular weight excluding hydrogens is 406 g/mol. The zero-order chi connectivity index (χ0) is 21.3. The lowest BCUT2D eigenvalue weighted by Gasteiger charge is -2.26. The molecule has 8 nitrogen and oxygen atoms in total. The average Bonchev–Trinajstić information content (AvgIpc) is 3.18. The first kappa shape index (κ1) is 20.5. The van der Waals surface area contributed by atoms with Gasteiger partial charge in [0.25, 0.3) is 5.91 Å². The summed E-state index contributed by atoms with van der Waals surface area (Å²) in [6.45, 7) is 3.32. The Morgan fingerprint density at radius 2 is 1.77 bits per heavy atom. The standard InChI is InChI=1S/C21H23N3O5S/c1-15(25)24-9-8-16-14-17(6-7-19(16)24)22-21(26)18-4-2-3-5-20(18)30(27,28)23-10-12-29-13-11-23/h2-7,14H,8-13H2,1H3,(H,22,26). The van der Waals surface area contributed by atoms with Crippen molar-refractivity contribution in [1.82, 2.24) is 4.31 Å². The van der Waals surface area contributed by atoms with Gasteiger partial charge in [0.05, 0.1) is 23.7 Å². The number of sulfonamides is 1. The molecule has 2 amide bonds. The number of ether oxygens (including phenoxy) is 1. The molecule has 0 bridgehead atoms. The molecule has 1 fully saturated rings.